The lowest BCUT2D eigenvalue weighted by molar-refractivity contribution is 0.1000. The standard InChI is InChI=1S/C9H14N4OS/c10-13-8-5-11-6-9(12-8)15-7-1-3-14-4-2-7/h5-7H,1-4,10H2,(H,12,13). The molecule has 1 aliphatic heterocycles. The monoisotopic (exact) mass is 226 g/mol. The van der Waals surface area contributed by atoms with Gasteiger partial charge in [-0.15, -0.1) is 11.8 Å². The molecule has 0 saturated carbocycles. The predicted octanol–water partition coefficient (Wildman–Crippen LogP) is 1.03. The summed E-state index contributed by atoms with van der Waals surface area (Å²) in [5.41, 5.74) is 2.49. The highest BCUT2D eigenvalue weighted by atomic mass is 32.2. The maximum Gasteiger partial charge on any atom is 0.159 e. The Morgan fingerprint density at radius 2 is 2.20 bits per heavy atom. The molecule has 0 unspecified atom stereocenters. The van der Waals surface area contributed by atoms with Gasteiger partial charge in [0.15, 0.2) is 5.82 Å². The summed E-state index contributed by atoms with van der Waals surface area (Å²) in [6.45, 7) is 1.69. The van der Waals surface area contributed by atoms with Gasteiger partial charge < -0.3 is 10.2 Å². The van der Waals surface area contributed by atoms with Gasteiger partial charge in [0, 0.05) is 18.5 Å². The van der Waals surface area contributed by atoms with Crippen molar-refractivity contribution in [2.75, 3.05) is 18.6 Å². The van der Waals surface area contributed by atoms with E-state index < -0.39 is 0 Å². The summed E-state index contributed by atoms with van der Waals surface area (Å²) in [5, 5.41) is 1.50. The molecule has 0 radical (unpaired) electrons. The van der Waals surface area contributed by atoms with E-state index in [2.05, 4.69) is 15.4 Å². The minimum absolute atomic E-state index is 0.584. The van der Waals surface area contributed by atoms with Crippen LogP contribution in [0.15, 0.2) is 17.4 Å². The molecule has 2 rings (SSSR count). The zero-order valence-corrected chi connectivity index (χ0v) is 9.17. The number of hydrogen-bond acceptors (Lipinski definition) is 6. The summed E-state index contributed by atoms with van der Waals surface area (Å²) in [5.74, 6) is 5.87. The Balaban J connectivity index is 1.96. The van der Waals surface area contributed by atoms with E-state index in [0.29, 0.717) is 11.1 Å². The van der Waals surface area contributed by atoms with E-state index in [0.717, 1.165) is 31.1 Å². The zero-order chi connectivity index (χ0) is 10.5. The van der Waals surface area contributed by atoms with E-state index in [4.69, 9.17) is 10.6 Å². The third-order valence-corrected chi connectivity index (χ3v) is 3.46. The molecule has 1 aromatic heterocycles. The molecule has 2 heterocycles. The van der Waals surface area contributed by atoms with Crippen LogP contribution < -0.4 is 11.3 Å². The van der Waals surface area contributed by atoms with E-state index >= 15 is 0 Å². The van der Waals surface area contributed by atoms with Crippen LogP contribution in [-0.4, -0.2) is 28.4 Å². The number of hydrogen-bond donors (Lipinski definition) is 2. The van der Waals surface area contributed by atoms with Crippen LogP contribution in [0.2, 0.25) is 0 Å². The normalized spacial score (nSPS) is 17.7. The van der Waals surface area contributed by atoms with Gasteiger partial charge in [-0.3, -0.25) is 4.98 Å². The molecule has 0 amide bonds. The Hall–Kier alpha value is -0.850. The van der Waals surface area contributed by atoms with Crippen molar-refractivity contribution in [2.24, 2.45) is 5.84 Å². The lowest BCUT2D eigenvalue weighted by Gasteiger charge is -2.20. The predicted molar refractivity (Wildman–Crippen MR) is 59.5 cm³/mol. The number of hydrazine groups is 1. The zero-order valence-electron chi connectivity index (χ0n) is 8.35. The molecule has 82 valence electrons. The van der Waals surface area contributed by atoms with Crippen LogP contribution in [-0.2, 0) is 4.74 Å². The second kappa shape index (κ2) is 5.29. The van der Waals surface area contributed by atoms with Crippen LogP contribution in [0, 0.1) is 0 Å². The molecule has 1 aromatic rings. The summed E-state index contributed by atoms with van der Waals surface area (Å²) in [6.07, 6.45) is 5.52. The van der Waals surface area contributed by atoms with E-state index in [1.165, 1.54) is 0 Å². The number of rotatable bonds is 3. The first-order chi connectivity index (χ1) is 7.38. The second-order valence-corrected chi connectivity index (χ2v) is 4.64. The van der Waals surface area contributed by atoms with Crippen molar-refractivity contribution in [3.63, 3.8) is 0 Å². The van der Waals surface area contributed by atoms with Crippen LogP contribution in [0.4, 0.5) is 5.82 Å². The average molecular weight is 226 g/mol. The first kappa shape index (κ1) is 10.7. The molecule has 6 heteroatoms. The smallest absolute Gasteiger partial charge is 0.159 e. The molecule has 0 atom stereocenters. The SMILES string of the molecule is NNc1cncc(SC2CCOCC2)n1. The van der Waals surface area contributed by atoms with Crippen LogP contribution in [0.1, 0.15) is 12.8 Å². The highest BCUT2D eigenvalue weighted by Gasteiger charge is 2.15. The van der Waals surface area contributed by atoms with Crippen molar-refractivity contribution in [1.82, 2.24) is 9.97 Å². The molecule has 15 heavy (non-hydrogen) atoms. The minimum atomic E-state index is 0.584. The Labute approximate surface area is 92.8 Å². The van der Waals surface area contributed by atoms with Gasteiger partial charge in [0.2, 0.25) is 0 Å². The Morgan fingerprint density at radius 3 is 2.93 bits per heavy atom. The summed E-state index contributed by atoms with van der Waals surface area (Å²) in [6, 6.07) is 0. The minimum Gasteiger partial charge on any atom is -0.381 e. The van der Waals surface area contributed by atoms with Crippen LogP contribution in [0.25, 0.3) is 0 Å². The fourth-order valence-corrected chi connectivity index (χ4v) is 2.48. The van der Waals surface area contributed by atoms with E-state index in [1.54, 1.807) is 24.2 Å². The number of nitrogens with zero attached hydrogens (tertiary/aromatic N) is 2. The van der Waals surface area contributed by atoms with Gasteiger partial charge in [-0.05, 0) is 12.8 Å². The van der Waals surface area contributed by atoms with Gasteiger partial charge in [0.25, 0.3) is 0 Å². The first-order valence-electron chi connectivity index (χ1n) is 4.91. The van der Waals surface area contributed by atoms with E-state index in [9.17, 15) is 0 Å². The molecule has 0 spiro atoms. The maximum atomic E-state index is 5.30. The fraction of sp³-hybridized carbons (Fsp3) is 0.556. The fourth-order valence-electron chi connectivity index (χ4n) is 1.44. The van der Waals surface area contributed by atoms with Gasteiger partial charge in [0.05, 0.1) is 12.4 Å². The highest BCUT2D eigenvalue weighted by molar-refractivity contribution is 7.99. The van der Waals surface area contributed by atoms with Gasteiger partial charge in [-0.25, -0.2) is 10.8 Å². The molecule has 0 aromatic carbocycles. The Bertz CT molecular complexity index is 317. The lowest BCUT2D eigenvalue weighted by Crippen LogP contribution is -2.17. The number of thioether (sulfide) groups is 1. The number of anilines is 1. The summed E-state index contributed by atoms with van der Waals surface area (Å²) in [4.78, 5) is 8.37. The topological polar surface area (TPSA) is 73.1 Å². The highest BCUT2D eigenvalue weighted by Crippen LogP contribution is 2.28. The number of nitrogens with two attached hydrogens (primary N) is 1. The number of ether oxygens (including phenoxy) is 1. The molecule has 5 nitrogen and oxygen atoms in total. The van der Waals surface area contributed by atoms with Gasteiger partial charge >= 0.3 is 0 Å². The molecule has 0 bridgehead atoms. The molecule has 0 aliphatic carbocycles. The molecule has 1 saturated heterocycles. The third-order valence-electron chi connectivity index (χ3n) is 2.22. The Morgan fingerprint density at radius 1 is 1.40 bits per heavy atom. The summed E-state index contributed by atoms with van der Waals surface area (Å²) < 4.78 is 5.30. The van der Waals surface area contributed by atoms with Crippen molar-refractivity contribution in [2.45, 2.75) is 23.1 Å². The second-order valence-electron chi connectivity index (χ2n) is 3.32. The van der Waals surface area contributed by atoms with Crippen molar-refractivity contribution >= 4 is 17.6 Å². The van der Waals surface area contributed by atoms with E-state index in [1.807, 2.05) is 0 Å². The Kier molecular flexibility index (Phi) is 3.76. The number of nitrogen functional groups attached to an aromatic ring is 1. The van der Waals surface area contributed by atoms with Crippen molar-refractivity contribution in [3.05, 3.63) is 12.4 Å². The lowest BCUT2D eigenvalue weighted by atomic mass is 10.2. The van der Waals surface area contributed by atoms with Crippen molar-refractivity contribution in [1.29, 1.82) is 0 Å². The molecule has 1 aliphatic rings. The van der Waals surface area contributed by atoms with E-state index in [-0.39, 0.29) is 0 Å². The van der Waals surface area contributed by atoms with Crippen LogP contribution >= 0.6 is 11.8 Å². The quantitative estimate of drug-likeness (QED) is 0.592. The van der Waals surface area contributed by atoms with Gasteiger partial charge in [-0.1, -0.05) is 0 Å². The molecule has 1 fully saturated rings. The van der Waals surface area contributed by atoms with Gasteiger partial charge in [0.1, 0.15) is 5.03 Å². The van der Waals surface area contributed by atoms with Crippen LogP contribution in [0.5, 0.6) is 0 Å². The van der Waals surface area contributed by atoms with Crippen molar-refractivity contribution in [3.8, 4) is 0 Å². The summed E-state index contributed by atoms with van der Waals surface area (Å²) in [7, 11) is 0. The first-order valence-corrected chi connectivity index (χ1v) is 5.79. The van der Waals surface area contributed by atoms with Gasteiger partial charge in [-0.2, -0.15) is 0 Å². The number of nitrogens with one attached hydrogen (secondary N) is 1. The largest absolute Gasteiger partial charge is 0.381 e. The average Bonchev–Trinajstić information content (AvgIpc) is 2.31. The summed E-state index contributed by atoms with van der Waals surface area (Å²) >= 11 is 1.74. The molecular formula is C9H14N4OS. The van der Waals surface area contributed by atoms with Crippen molar-refractivity contribution < 1.29 is 4.74 Å². The maximum absolute atomic E-state index is 5.30. The number of aromatic nitrogens is 2. The molecular weight excluding hydrogens is 212 g/mol. The third kappa shape index (κ3) is 3.05. The molecule has 3 N–H and O–H groups in total. The van der Waals surface area contributed by atoms with Crippen LogP contribution in [0.3, 0.4) is 0 Å².